The van der Waals surface area contributed by atoms with Crippen LogP contribution in [-0.4, -0.2) is 19.9 Å². The second-order valence-electron chi connectivity index (χ2n) is 4.68. The summed E-state index contributed by atoms with van der Waals surface area (Å²) in [7, 11) is -3.51. The fraction of sp³-hybridized carbons (Fsp3) is 0.357. The number of anilines is 1. The second kappa shape index (κ2) is 7.92. The molecular formula is C14H18ClN3O2S2. The monoisotopic (exact) mass is 359 g/mol. The van der Waals surface area contributed by atoms with Crippen molar-refractivity contribution in [1.82, 2.24) is 9.71 Å². The molecule has 0 unspecified atom stereocenters. The van der Waals surface area contributed by atoms with Crippen molar-refractivity contribution in [1.29, 1.82) is 0 Å². The van der Waals surface area contributed by atoms with Crippen LogP contribution in [-0.2, 0) is 16.6 Å². The lowest BCUT2D eigenvalue weighted by Crippen LogP contribution is -2.25. The smallest absolute Gasteiger partial charge is 0.242 e. The molecule has 0 radical (unpaired) electrons. The van der Waals surface area contributed by atoms with Gasteiger partial charge < -0.3 is 5.32 Å². The van der Waals surface area contributed by atoms with Gasteiger partial charge in [0.15, 0.2) is 4.47 Å². The van der Waals surface area contributed by atoms with E-state index < -0.39 is 10.0 Å². The standard InChI is InChI=1S/C14H18ClN3O2S2/c1-2-3-8-18-22(19,20)13-7-5-4-6-12(13)16-9-11-10-17-14(15)21-11/h4-7,10,16,18H,2-3,8-9H2,1H3. The Labute approximate surface area is 139 Å². The molecule has 1 aromatic heterocycles. The highest BCUT2D eigenvalue weighted by molar-refractivity contribution is 7.89. The summed E-state index contributed by atoms with van der Waals surface area (Å²) in [6, 6.07) is 6.85. The van der Waals surface area contributed by atoms with E-state index in [1.807, 2.05) is 6.92 Å². The van der Waals surface area contributed by atoms with Crippen molar-refractivity contribution in [3.8, 4) is 0 Å². The third kappa shape index (κ3) is 4.67. The molecule has 0 saturated heterocycles. The molecule has 5 nitrogen and oxygen atoms in total. The number of benzene rings is 1. The number of aromatic nitrogens is 1. The average molecular weight is 360 g/mol. The molecule has 1 heterocycles. The third-order valence-corrected chi connectivity index (χ3v) is 5.61. The van der Waals surface area contributed by atoms with Gasteiger partial charge in [-0.15, -0.1) is 11.3 Å². The SMILES string of the molecule is CCCCNS(=O)(=O)c1ccccc1NCc1cnc(Cl)s1. The number of nitrogens with one attached hydrogen (secondary N) is 2. The molecule has 0 atom stereocenters. The summed E-state index contributed by atoms with van der Waals surface area (Å²) in [5, 5.41) is 3.13. The van der Waals surface area contributed by atoms with Gasteiger partial charge in [0.2, 0.25) is 10.0 Å². The Morgan fingerprint density at radius 1 is 1.32 bits per heavy atom. The summed E-state index contributed by atoms with van der Waals surface area (Å²) in [5.41, 5.74) is 0.566. The number of halogens is 1. The predicted molar refractivity (Wildman–Crippen MR) is 91.0 cm³/mol. The number of rotatable bonds is 8. The van der Waals surface area contributed by atoms with Crippen LogP contribution in [0.2, 0.25) is 4.47 Å². The van der Waals surface area contributed by atoms with Gasteiger partial charge >= 0.3 is 0 Å². The predicted octanol–water partition coefficient (Wildman–Crippen LogP) is 3.49. The minimum atomic E-state index is -3.51. The summed E-state index contributed by atoms with van der Waals surface area (Å²) >= 11 is 7.15. The Kier molecular flexibility index (Phi) is 6.19. The molecule has 0 spiro atoms. The van der Waals surface area contributed by atoms with Crippen molar-refractivity contribution < 1.29 is 8.42 Å². The van der Waals surface area contributed by atoms with Gasteiger partial charge in [-0.1, -0.05) is 37.1 Å². The highest BCUT2D eigenvalue weighted by Gasteiger charge is 2.17. The molecule has 0 aliphatic carbocycles. The molecular weight excluding hydrogens is 342 g/mol. The van der Waals surface area contributed by atoms with E-state index in [1.165, 1.54) is 11.3 Å². The number of hydrogen-bond acceptors (Lipinski definition) is 5. The molecule has 0 aliphatic heterocycles. The molecule has 0 fully saturated rings. The van der Waals surface area contributed by atoms with Gasteiger partial charge in [-0.05, 0) is 18.6 Å². The zero-order valence-electron chi connectivity index (χ0n) is 12.2. The molecule has 0 aliphatic rings. The summed E-state index contributed by atoms with van der Waals surface area (Å²) in [6.45, 7) is 2.94. The van der Waals surface area contributed by atoms with Gasteiger partial charge in [-0.25, -0.2) is 18.1 Å². The summed E-state index contributed by atoms with van der Waals surface area (Å²) in [6.07, 6.45) is 3.43. The number of unbranched alkanes of at least 4 members (excludes halogenated alkanes) is 1. The zero-order valence-corrected chi connectivity index (χ0v) is 14.6. The highest BCUT2D eigenvalue weighted by Crippen LogP contribution is 2.23. The minimum absolute atomic E-state index is 0.252. The van der Waals surface area contributed by atoms with Gasteiger partial charge in [-0.2, -0.15) is 0 Å². The first kappa shape index (κ1) is 17.2. The fourth-order valence-corrected chi connectivity index (χ4v) is 4.03. The van der Waals surface area contributed by atoms with E-state index in [0.717, 1.165) is 17.7 Å². The number of para-hydroxylation sites is 1. The molecule has 0 amide bonds. The lowest BCUT2D eigenvalue weighted by Gasteiger charge is -2.12. The molecule has 0 saturated carbocycles. The van der Waals surface area contributed by atoms with Crippen molar-refractivity contribution in [2.75, 3.05) is 11.9 Å². The van der Waals surface area contributed by atoms with E-state index in [1.54, 1.807) is 30.5 Å². The molecule has 1 aromatic carbocycles. The summed E-state index contributed by atoms with van der Waals surface area (Å²) in [4.78, 5) is 5.16. The van der Waals surface area contributed by atoms with Crippen LogP contribution in [0.5, 0.6) is 0 Å². The van der Waals surface area contributed by atoms with Crippen molar-refractivity contribution >= 4 is 38.6 Å². The maximum atomic E-state index is 12.4. The van der Waals surface area contributed by atoms with Crippen LogP contribution in [0.3, 0.4) is 0 Å². The van der Waals surface area contributed by atoms with E-state index >= 15 is 0 Å². The van der Waals surface area contributed by atoms with E-state index in [-0.39, 0.29) is 4.90 Å². The Morgan fingerprint density at radius 3 is 2.77 bits per heavy atom. The van der Waals surface area contributed by atoms with Crippen molar-refractivity contribution in [3.05, 3.63) is 39.8 Å². The number of nitrogens with zero attached hydrogens (tertiary/aromatic N) is 1. The molecule has 22 heavy (non-hydrogen) atoms. The van der Waals surface area contributed by atoms with E-state index in [0.29, 0.717) is 23.2 Å². The van der Waals surface area contributed by atoms with Gasteiger partial charge in [0.25, 0.3) is 0 Å². The van der Waals surface area contributed by atoms with Gasteiger partial charge in [-0.3, -0.25) is 0 Å². The maximum Gasteiger partial charge on any atom is 0.242 e. The molecule has 8 heteroatoms. The van der Waals surface area contributed by atoms with Crippen molar-refractivity contribution in [2.24, 2.45) is 0 Å². The van der Waals surface area contributed by atoms with Gasteiger partial charge in [0.1, 0.15) is 4.90 Å². The van der Waals surface area contributed by atoms with E-state index in [9.17, 15) is 8.42 Å². The van der Waals surface area contributed by atoms with Gasteiger partial charge in [0.05, 0.1) is 12.2 Å². The molecule has 2 rings (SSSR count). The summed E-state index contributed by atoms with van der Waals surface area (Å²) < 4.78 is 27.8. The quantitative estimate of drug-likeness (QED) is 0.708. The molecule has 120 valence electrons. The van der Waals surface area contributed by atoms with Crippen LogP contribution < -0.4 is 10.0 Å². The largest absolute Gasteiger partial charge is 0.379 e. The van der Waals surface area contributed by atoms with Crippen LogP contribution in [0.4, 0.5) is 5.69 Å². The maximum absolute atomic E-state index is 12.4. The number of sulfonamides is 1. The minimum Gasteiger partial charge on any atom is -0.379 e. The first-order valence-electron chi connectivity index (χ1n) is 6.95. The van der Waals surface area contributed by atoms with Crippen LogP contribution in [0.25, 0.3) is 0 Å². The highest BCUT2D eigenvalue weighted by atomic mass is 35.5. The van der Waals surface area contributed by atoms with Crippen LogP contribution >= 0.6 is 22.9 Å². The van der Waals surface area contributed by atoms with Crippen molar-refractivity contribution in [3.63, 3.8) is 0 Å². The average Bonchev–Trinajstić information content (AvgIpc) is 2.91. The second-order valence-corrected chi connectivity index (χ2v) is 8.11. The first-order valence-corrected chi connectivity index (χ1v) is 9.63. The normalized spacial score (nSPS) is 11.5. The third-order valence-electron chi connectivity index (χ3n) is 2.98. The van der Waals surface area contributed by atoms with Crippen LogP contribution in [0.15, 0.2) is 35.4 Å². The summed E-state index contributed by atoms with van der Waals surface area (Å²) in [5.74, 6) is 0. The van der Waals surface area contributed by atoms with E-state index in [2.05, 4.69) is 15.0 Å². The van der Waals surface area contributed by atoms with Crippen LogP contribution in [0, 0.1) is 0 Å². The molecule has 2 aromatic rings. The Balaban J connectivity index is 2.12. The van der Waals surface area contributed by atoms with Crippen LogP contribution in [0.1, 0.15) is 24.6 Å². The Morgan fingerprint density at radius 2 is 2.09 bits per heavy atom. The first-order chi connectivity index (χ1) is 10.5. The number of hydrogen-bond donors (Lipinski definition) is 2. The van der Waals surface area contributed by atoms with Gasteiger partial charge in [0, 0.05) is 17.6 Å². The van der Waals surface area contributed by atoms with Crippen molar-refractivity contribution in [2.45, 2.75) is 31.2 Å². The lowest BCUT2D eigenvalue weighted by atomic mass is 10.3. The number of thiazole rings is 1. The van der Waals surface area contributed by atoms with E-state index in [4.69, 9.17) is 11.6 Å². The Hall–Kier alpha value is -1.15. The molecule has 2 N–H and O–H groups in total. The molecule has 0 bridgehead atoms. The lowest BCUT2D eigenvalue weighted by molar-refractivity contribution is 0.578. The fourth-order valence-electron chi connectivity index (χ4n) is 1.86. The zero-order chi connectivity index (χ0) is 16.0. The Bertz CT molecular complexity index is 716. The topological polar surface area (TPSA) is 71.1 Å².